The van der Waals surface area contributed by atoms with Gasteiger partial charge in [0.1, 0.15) is 0 Å². The summed E-state index contributed by atoms with van der Waals surface area (Å²) in [5.41, 5.74) is 1.04. The predicted octanol–water partition coefficient (Wildman–Crippen LogP) is 2.66. The smallest absolute Gasteiger partial charge is 0.262 e. The van der Waals surface area contributed by atoms with Gasteiger partial charge in [-0.3, -0.25) is 4.18 Å². The Morgan fingerprint density at radius 2 is 1.83 bits per heavy atom. The van der Waals surface area contributed by atoms with Crippen molar-refractivity contribution in [2.24, 2.45) is 11.8 Å². The van der Waals surface area contributed by atoms with E-state index in [0.717, 1.165) is 18.4 Å². The molecule has 0 heterocycles. The Morgan fingerprint density at radius 1 is 1.11 bits per heavy atom. The summed E-state index contributed by atoms with van der Waals surface area (Å²) in [6.07, 6.45) is 5.94. The van der Waals surface area contributed by atoms with Gasteiger partial charge in [-0.2, -0.15) is 8.42 Å². The molecule has 0 aliphatic heterocycles. The molecular formula is C14H16O3S. The minimum Gasteiger partial charge on any atom is -0.262 e. The van der Waals surface area contributed by atoms with E-state index in [9.17, 15) is 8.42 Å². The third kappa shape index (κ3) is 2.10. The van der Waals surface area contributed by atoms with Gasteiger partial charge >= 0.3 is 0 Å². The third-order valence-corrected chi connectivity index (χ3v) is 5.13. The van der Waals surface area contributed by atoms with Crippen molar-refractivity contribution in [1.29, 1.82) is 0 Å². The van der Waals surface area contributed by atoms with Gasteiger partial charge in [-0.05, 0) is 37.8 Å². The van der Waals surface area contributed by atoms with Crippen LogP contribution in [0, 0.1) is 18.8 Å². The average molecular weight is 264 g/mol. The van der Waals surface area contributed by atoms with Crippen LogP contribution in [-0.2, 0) is 14.3 Å². The van der Waals surface area contributed by atoms with Crippen LogP contribution in [0.5, 0.6) is 0 Å². The maximum atomic E-state index is 12.1. The van der Waals surface area contributed by atoms with Crippen LogP contribution >= 0.6 is 0 Å². The van der Waals surface area contributed by atoms with E-state index in [0.29, 0.717) is 5.92 Å². The van der Waals surface area contributed by atoms with Crippen molar-refractivity contribution in [1.82, 2.24) is 0 Å². The molecule has 1 aromatic carbocycles. The quantitative estimate of drug-likeness (QED) is 0.622. The zero-order valence-corrected chi connectivity index (χ0v) is 11.1. The number of allylic oxidation sites excluding steroid dienone is 1. The molecular weight excluding hydrogens is 248 g/mol. The fourth-order valence-electron chi connectivity index (χ4n) is 2.76. The Kier molecular flexibility index (Phi) is 2.79. The first-order valence-electron chi connectivity index (χ1n) is 6.23. The summed E-state index contributed by atoms with van der Waals surface area (Å²) in [6.45, 7) is 1.93. The SMILES string of the molecule is Cc1ccc(S(=O)(=O)O[C@@H]2C[C@H]3C=C[C@H]2C3)cc1. The Bertz CT molecular complexity index is 572. The van der Waals surface area contributed by atoms with Gasteiger partial charge in [0.15, 0.2) is 0 Å². The highest BCUT2D eigenvalue weighted by molar-refractivity contribution is 7.86. The van der Waals surface area contributed by atoms with Crippen molar-refractivity contribution in [2.45, 2.75) is 30.8 Å². The number of fused-ring (bicyclic) bond motifs is 2. The fourth-order valence-corrected chi connectivity index (χ4v) is 3.89. The van der Waals surface area contributed by atoms with Crippen LogP contribution in [0.15, 0.2) is 41.3 Å². The molecule has 18 heavy (non-hydrogen) atoms. The van der Waals surface area contributed by atoms with Crippen molar-refractivity contribution in [3.63, 3.8) is 0 Å². The van der Waals surface area contributed by atoms with E-state index in [2.05, 4.69) is 12.2 Å². The summed E-state index contributed by atoms with van der Waals surface area (Å²) in [4.78, 5) is 0.250. The lowest BCUT2D eigenvalue weighted by atomic mass is 10.1. The number of hydrogen-bond acceptors (Lipinski definition) is 3. The summed E-state index contributed by atoms with van der Waals surface area (Å²) in [5, 5.41) is 0. The Morgan fingerprint density at radius 3 is 2.39 bits per heavy atom. The first-order chi connectivity index (χ1) is 8.54. The molecule has 1 fully saturated rings. The lowest BCUT2D eigenvalue weighted by molar-refractivity contribution is 0.182. The number of hydrogen-bond donors (Lipinski definition) is 0. The van der Waals surface area contributed by atoms with Crippen molar-refractivity contribution in [3.05, 3.63) is 42.0 Å². The summed E-state index contributed by atoms with van der Waals surface area (Å²) in [5.74, 6) is 0.781. The number of aryl methyl sites for hydroxylation is 1. The fraction of sp³-hybridized carbons (Fsp3) is 0.429. The molecule has 0 aromatic heterocycles. The zero-order chi connectivity index (χ0) is 12.8. The molecule has 0 spiro atoms. The van der Waals surface area contributed by atoms with E-state index in [1.807, 2.05) is 6.92 Å². The van der Waals surface area contributed by atoms with Crippen LogP contribution in [-0.4, -0.2) is 14.5 Å². The van der Waals surface area contributed by atoms with E-state index < -0.39 is 10.1 Å². The van der Waals surface area contributed by atoms with Gasteiger partial charge in [-0.15, -0.1) is 0 Å². The van der Waals surface area contributed by atoms with Gasteiger partial charge in [0.25, 0.3) is 10.1 Å². The van der Waals surface area contributed by atoms with Gasteiger partial charge in [-0.25, -0.2) is 0 Å². The highest BCUT2D eigenvalue weighted by atomic mass is 32.2. The molecule has 2 aliphatic rings. The summed E-state index contributed by atoms with van der Waals surface area (Å²) < 4.78 is 29.6. The average Bonchev–Trinajstić information content (AvgIpc) is 2.91. The van der Waals surface area contributed by atoms with E-state index in [1.165, 1.54) is 0 Å². The van der Waals surface area contributed by atoms with Gasteiger partial charge < -0.3 is 0 Å². The van der Waals surface area contributed by atoms with Gasteiger partial charge in [0.05, 0.1) is 11.0 Å². The lowest BCUT2D eigenvalue weighted by Gasteiger charge is -2.18. The maximum Gasteiger partial charge on any atom is 0.297 e. The van der Waals surface area contributed by atoms with Gasteiger partial charge in [0, 0.05) is 5.92 Å². The Hall–Kier alpha value is -1.13. The molecule has 3 rings (SSSR count). The second-order valence-corrected chi connectivity index (χ2v) is 6.75. The van der Waals surface area contributed by atoms with Gasteiger partial charge in [0.2, 0.25) is 0 Å². The summed E-state index contributed by atoms with van der Waals surface area (Å²) in [6, 6.07) is 6.79. The molecule has 0 N–H and O–H groups in total. The van der Waals surface area contributed by atoms with Crippen molar-refractivity contribution in [3.8, 4) is 0 Å². The molecule has 0 amide bonds. The molecule has 0 saturated heterocycles. The molecule has 0 radical (unpaired) electrons. The third-order valence-electron chi connectivity index (χ3n) is 3.78. The molecule has 1 saturated carbocycles. The second-order valence-electron chi connectivity index (χ2n) is 5.18. The summed E-state index contributed by atoms with van der Waals surface area (Å²) >= 11 is 0. The Balaban J connectivity index is 1.79. The maximum absolute atomic E-state index is 12.1. The van der Waals surface area contributed by atoms with Crippen LogP contribution < -0.4 is 0 Å². The minimum atomic E-state index is -3.62. The van der Waals surface area contributed by atoms with Crippen molar-refractivity contribution < 1.29 is 12.6 Å². The molecule has 2 bridgehead atoms. The largest absolute Gasteiger partial charge is 0.297 e. The monoisotopic (exact) mass is 264 g/mol. The molecule has 2 aliphatic carbocycles. The number of benzene rings is 1. The van der Waals surface area contributed by atoms with Crippen molar-refractivity contribution in [2.75, 3.05) is 0 Å². The molecule has 3 nitrogen and oxygen atoms in total. The lowest BCUT2D eigenvalue weighted by Crippen LogP contribution is -2.22. The van der Waals surface area contributed by atoms with E-state index >= 15 is 0 Å². The van der Waals surface area contributed by atoms with E-state index in [4.69, 9.17) is 4.18 Å². The number of rotatable bonds is 3. The van der Waals surface area contributed by atoms with Crippen LogP contribution in [0.2, 0.25) is 0 Å². The Labute approximate surface area is 108 Å². The zero-order valence-electron chi connectivity index (χ0n) is 10.2. The van der Waals surface area contributed by atoms with E-state index in [-0.39, 0.29) is 16.9 Å². The van der Waals surface area contributed by atoms with Crippen molar-refractivity contribution >= 4 is 10.1 Å². The molecule has 96 valence electrons. The first-order valence-corrected chi connectivity index (χ1v) is 7.64. The normalized spacial score (nSPS) is 29.9. The molecule has 0 unspecified atom stereocenters. The first kappa shape index (κ1) is 11.9. The highest BCUT2D eigenvalue weighted by Crippen LogP contribution is 2.41. The van der Waals surface area contributed by atoms with Crippen LogP contribution in [0.4, 0.5) is 0 Å². The summed E-state index contributed by atoms with van der Waals surface area (Å²) in [7, 11) is -3.62. The van der Waals surface area contributed by atoms with Crippen LogP contribution in [0.25, 0.3) is 0 Å². The molecule has 3 atom stereocenters. The predicted molar refractivity (Wildman–Crippen MR) is 68.6 cm³/mol. The molecule has 1 aromatic rings. The highest BCUT2D eigenvalue weighted by Gasteiger charge is 2.39. The van der Waals surface area contributed by atoms with Gasteiger partial charge in [-0.1, -0.05) is 29.8 Å². The standard InChI is InChI=1S/C14H16O3S/c1-10-2-6-13(7-3-10)18(15,16)17-14-9-11-4-5-12(14)8-11/h2-7,11-12,14H,8-9H2,1H3/t11-,12-,14+/m0/s1. The van der Waals surface area contributed by atoms with Crippen LogP contribution in [0.3, 0.4) is 0 Å². The second kappa shape index (κ2) is 4.21. The molecule has 4 heteroatoms. The van der Waals surface area contributed by atoms with E-state index in [1.54, 1.807) is 24.3 Å². The van der Waals surface area contributed by atoms with Crippen LogP contribution in [0.1, 0.15) is 18.4 Å². The minimum absolute atomic E-state index is 0.175. The topological polar surface area (TPSA) is 43.4 Å².